The molecule has 1 aliphatic heterocycles. The lowest BCUT2D eigenvalue weighted by Gasteiger charge is -2.54. The fraction of sp³-hybridized carbons (Fsp3) is 0.625. The van der Waals surface area contributed by atoms with Gasteiger partial charge in [-0.1, -0.05) is 18.2 Å². The molecular weight excluding hydrogens is 378 g/mol. The quantitative estimate of drug-likeness (QED) is 0.732. The van der Waals surface area contributed by atoms with Crippen molar-refractivity contribution in [1.82, 2.24) is 15.5 Å². The van der Waals surface area contributed by atoms with Crippen molar-refractivity contribution in [2.45, 2.75) is 57.0 Å². The van der Waals surface area contributed by atoms with Crippen LogP contribution in [0.3, 0.4) is 0 Å². The van der Waals surface area contributed by atoms with Gasteiger partial charge >= 0.3 is 0 Å². The Morgan fingerprint density at radius 1 is 0.933 bits per heavy atom. The van der Waals surface area contributed by atoms with Crippen LogP contribution in [0.5, 0.6) is 0 Å². The van der Waals surface area contributed by atoms with Gasteiger partial charge in [0.05, 0.1) is 12.6 Å². The Kier molecular flexibility index (Phi) is 5.35. The van der Waals surface area contributed by atoms with E-state index in [1.807, 2.05) is 11.0 Å². The molecule has 6 rings (SSSR count). The molecule has 4 saturated carbocycles. The van der Waals surface area contributed by atoms with Gasteiger partial charge in [-0.2, -0.15) is 0 Å². The van der Waals surface area contributed by atoms with Gasteiger partial charge in [0.25, 0.3) is 5.91 Å². The van der Waals surface area contributed by atoms with Crippen LogP contribution in [0.4, 0.5) is 0 Å². The summed E-state index contributed by atoms with van der Waals surface area (Å²) in [6.07, 6.45) is 8.03. The van der Waals surface area contributed by atoms with E-state index >= 15 is 0 Å². The average molecular weight is 410 g/mol. The molecule has 1 aromatic rings. The second kappa shape index (κ2) is 8.14. The van der Waals surface area contributed by atoms with E-state index in [9.17, 15) is 14.4 Å². The number of amides is 3. The van der Waals surface area contributed by atoms with Gasteiger partial charge in [0.15, 0.2) is 0 Å². The monoisotopic (exact) mass is 409 g/mol. The number of hydrogen-bond acceptors (Lipinski definition) is 4. The van der Waals surface area contributed by atoms with E-state index in [0.717, 1.165) is 18.3 Å². The third kappa shape index (κ3) is 3.89. The molecule has 6 heteroatoms. The summed E-state index contributed by atoms with van der Waals surface area (Å²) < 4.78 is 0. The van der Waals surface area contributed by atoms with E-state index in [4.69, 9.17) is 0 Å². The molecule has 0 aromatic heterocycles. The van der Waals surface area contributed by atoms with Crippen molar-refractivity contribution in [3.05, 3.63) is 35.9 Å². The normalized spacial score (nSPS) is 34.7. The van der Waals surface area contributed by atoms with Crippen LogP contribution in [0.2, 0.25) is 0 Å². The lowest BCUT2D eigenvalue weighted by Crippen LogP contribution is -2.57. The highest BCUT2D eigenvalue weighted by molar-refractivity contribution is 6.06. The molecular formula is C24H31N3O3. The number of imide groups is 1. The van der Waals surface area contributed by atoms with Crippen LogP contribution < -0.4 is 10.6 Å². The number of rotatable bonds is 5. The smallest absolute Gasteiger partial charge is 0.257 e. The predicted octanol–water partition coefficient (Wildman–Crippen LogP) is 2.35. The minimum absolute atomic E-state index is 0.0292. The maximum absolute atomic E-state index is 12.9. The maximum Gasteiger partial charge on any atom is 0.257 e. The Morgan fingerprint density at radius 3 is 2.27 bits per heavy atom. The Hall–Kier alpha value is -2.21. The summed E-state index contributed by atoms with van der Waals surface area (Å²) in [5, 5.41) is 5.85. The summed E-state index contributed by atoms with van der Waals surface area (Å²) in [6, 6.07) is 8.66. The Labute approximate surface area is 177 Å². The number of nitrogens with one attached hydrogen (secondary N) is 2. The summed E-state index contributed by atoms with van der Waals surface area (Å²) >= 11 is 0. The van der Waals surface area contributed by atoms with Crippen molar-refractivity contribution in [3.63, 3.8) is 0 Å². The Balaban J connectivity index is 1.16. The molecule has 3 amide bonds. The Morgan fingerprint density at radius 2 is 1.60 bits per heavy atom. The third-order valence-electron chi connectivity index (χ3n) is 7.84. The molecule has 1 atom stereocenters. The first-order valence-electron chi connectivity index (χ1n) is 11.5. The number of carbonyl (C=O) groups excluding carboxylic acids is 3. The molecule has 0 unspecified atom stereocenters. The lowest BCUT2D eigenvalue weighted by molar-refractivity contribution is -0.129. The van der Waals surface area contributed by atoms with Crippen molar-refractivity contribution < 1.29 is 14.4 Å². The fourth-order valence-electron chi connectivity index (χ4n) is 6.75. The molecule has 6 nitrogen and oxygen atoms in total. The molecule has 0 radical (unpaired) electrons. The van der Waals surface area contributed by atoms with E-state index in [1.54, 1.807) is 24.3 Å². The van der Waals surface area contributed by atoms with Crippen LogP contribution in [-0.4, -0.2) is 47.8 Å². The third-order valence-corrected chi connectivity index (χ3v) is 7.84. The highest BCUT2D eigenvalue weighted by Crippen LogP contribution is 2.53. The Bertz CT molecular complexity index is 796. The van der Waals surface area contributed by atoms with E-state index in [2.05, 4.69) is 10.6 Å². The zero-order chi connectivity index (χ0) is 20.7. The molecule has 4 aliphatic carbocycles. The standard InChI is InChI=1S/C24H31N3O3/c28-21(25-22-18-10-15-9-16(12-18)13-19(22)11-15)14-27-8-4-7-20(27)24(30)26-23(29)17-5-2-1-3-6-17/h1-3,5-6,15-16,18-20,22H,4,7-14H2,(H,25,28)(H,26,29,30)/t15?,16?,18?,19?,20-,22?/m1/s1. The molecule has 1 aromatic carbocycles. The largest absolute Gasteiger partial charge is 0.352 e. The van der Waals surface area contributed by atoms with E-state index in [0.29, 0.717) is 36.4 Å². The first kappa shape index (κ1) is 19.7. The minimum Gasteiger partial charge on any atom is -0.352 e. The predicted molar refractivity (Wildman–Crippen MR) is 112 cm³/mol. The first-order valence-corrected chi connectivity index (χ1v) is 11.5. The number of hydrogen-bond donors (Lipinski definition) is 2. The van der Waals surface area contributed by atoms with E-state index < -0.39 is 6.04 Å². The molecule has 1 saturated heterocycles. The molecule has 5 fully saturated rings. The van der Waals surface area contributed by atoms with Crippen molar-refractivity contribution in [2.75, 3.05) is 13.1 Å². The van der Waals surface area contributed by atoms with Crippen LogP contribution in [0.15, 0.2) is 30.3 Å². The summed E-state index contributed by atoms with van der Waals surface area (Å²) in [5.41, 5.74) is 0.468. The fourth-order valence-corrected chi connectivity index (χ4v) is 6.75. The molecule has 0 spiro atoms. The van der Waals surface area contributed by atoms with Crippen molar-refractivity contribution >= 4 is 17.7 Å². The molecule has 160 valence electrons. The highest BCUT2D eigenvalue weighted by atomic mass is 16.2. The summed E-state index contributed by atoms with van der Waals surface area (Å²) in [5.74, 6) is 2.40. The molecule has 30 heavy (non-hydrogen) atoms. The SMILES string of the molecule is O=C(CN1CCC[C@@H]1C(=O)NC(=O)c1ccccc1)NC1C2CC3CC(C2)CC1C3. The van der Waals surface area contributed by atoms with Crippen LogP contribution in [0.1, 0.15) is 55.3 Å². The highest BCUT2D eigenvalue weighted by Gasteiger charge is 2.48. The minimum atomic E-state index is -0.415. The van der Waals surface area contributed by atoms with Crippen LogP contribution in [-0.2, 0) is 9.59 Å². The van der Waals surface area contributed by atoms with Gasteiger partial charge in [-0.25, -0.2) is 0 Å². The maximum atomic E-state index is 12.9. The van der Waals surface area contributed by atoms with Crippen molar-refractivity contribution in [2.24, 2.45) is 23.7 Å². The summed E-state index contributed by atoms with van der Waals surface area (Å²) in [6.45, 7) is 0.952. The van der Waals surface area contributed by atoms with Crippen LogP contribution in [0, 0.1) is 23.7 Å². The number of likely N-dealkylation sites (tertiary alicyclic amines) is 1. The topological polar surface area (TPSA) is 78.5 Å². The van der Waals surface area contributed by atoms with Gasteiger partial charge in [-0.05, 0) is 87.3 Å². The van der Waals surface area contributed by atoms with Gasteiger partial charge in [0.1, 0.15) is 0 Å². The van der Waals surface area contributed by atoms with E-state index in [-0.39, 0.29) is 24.3 Å². The number of nitrogens with zero attached hydrogens (tertiary/aromatic N) is 1. The zero-order valence-electron chi connectivity index (χ0n) is 17.4. The zero-order valence-corrected chi connectivity index (χ0v) is 17.4. The lowest BCUT2D eigenvalue weighted by atomic mass is 9.54. The van der Waals surface area contributed by atoms with Gasteiger partial charge < -0.3 is 5.32 Å². The molecule has 5 aliphatic rings. The summed E-state index contributed by atoms with van der Waals surface area (Å²) in [7, 11) is 0. The van der Waals surface area contributed by atoms with Gasteiger partial charge in [0.2, 0.25) is 11.8 Å². The first-order chi connectivity index (χ1) is 14.6. The molecule has 1 heterocycles. The van der Waals surface area contributed by atoms with Crippen LogP contribution in [0.25, 0.3) is 0 Å². The van der Waals surface area contributed by atoms with E-state index in [1.165, 1.54) is 32.1 Å². The second-order valence-electron chi connectivity index (χ2n) is 9.84. The van der Waals surface area contributed by atoms with Gasteiger partial charge in [-0.3, -0.25) is 24.6 Å². The second-order valence-corrected chi connectivity index (χ2v) is 9.84. The summed E-state index contributed by atoms with van der Waals surface area (Å²) in [4.78, 5) is 39.8. The van der Waals surface area contributed by atoms with Crippen molar-refractivity contribution in [3.8, 4) is 0 Å². The number of carbonyl (C=O) groups is 3. The molecule has 2 N–H and O–H groups in total. The molecule has 4 bridgehead atoms. The van der Waals surface area contributed by atoms with Crippen LogP contribution >= 0.6 is 0 Å². The van der Waals surface area contributed by atoms with Crippen molar-refractivity contribution in [1.29, 1.82) is 0 Å². The number of benzene rings is 1. The average Bonchev–Trinajstić information content (AvgIpc) is 3.19. The van der Waals surface area contributed by atoms with Gasteiger partial charge in [0, 0.05) is 11.6 Å². The van der Waals surface area contributed by atoms with Gasteiger partial charge in [-0.15, -0.1) is 0 Å².